The number of thioether (sulfide) groups is 1. The molecule has 0 aliphatic rings. The summed E-state index contributed by atoms with van der Waals surface area (Å²) >= 11 is 1.22. The highest BCUT2D eigenvalue weighted by Crippen LogP contribution is 2.29. The second-order valence-electron chi connectivity index (χ2n) is 6.48. The average Bonchev–Trinajstić information content (AvgIpc) is 2.66. The Hall–Kier alpha value is -1.94. The highest BCUT2D eigenvalue weighted by atomic mass is 32.2. The summed E-state index contributed by atoms with van der Waals surface area (Å²) in [5.41, 5.74) is 6.97. The topological polar surface area (TPSA) is 29.5 Å². The van der Waals surface area contributed by atoms with Gasteiger partial charge < -0.3 is 9.64 Å². The lowest BCUT2D eigenvalue weighted by Crippen LogP contribution is -2.23. The molecule has 0 atom stereocenters. The Bertz CT molecular complexity index is 786. The lowest BCUT2D eigenvalue weighted by Gasteiger charge is -2.22. The van der Waals surface area contributed by atoms with Crippen LogP contribution in [0.25, 0.3) is 0 Å². The summed E-state index contributed by atoms with van der Waals surface area (Å²) in [4.78, 5) is 13.9. The predicted molar refractivity (Wildman–Crippen MR) is 113 cm³/mol. The molecule has 26 heavy (non-hydrogen) atoms. The summed E-state index contributed by atoms with van der Waals surface area (Å²) in [6, 6.07) is 10.4. The van der Waals surface area contributed by atoms with Gasteiger partial charge in [0.15, 0.2) is 0 Å². The van der Waals surface area contributed by atoms with E-state index in [1.54, 1.807) is 11.2 Å². The van der Waals surface area contributed by atoms with Crippen LogP contribution in [0.15, 0.2) is 30.3 Å². The molecule has 0 aliphatic heterocycles. The number of hydrogen-bond donors (Lipinski definition) is 0. The first kappa shape index (κ1) is 20.4. The Morgan fingerprint density at radius 3 is 2.38 bits per heavy atom. The van der Waals surface area contributed by atoms with Crippen molar-refractivity contribution in [2.24, 2.45) is 0 Å². The molecule has 0 spiro atoms. The van der Waals surface area contributed by atoms with Crippen LogP contribution in [0, 0.1) is 13.8 Å². The molecule has 0 radical (unpaired) electrons. The number of amides is 1. The third-order valence-electron chi connectivity index (χ3n) is 4.83. The summed E-state index contributed by atoms with van der Waals surface area (Å²) in [5.74, 6) is 0.912. The van der Waals surface area contributed by atoms with Gasteiger partial charge in [0.05, 0.1) is 5.69 Å². The largest absolute Gasteiger partial charge is 0.489 e. The van der Waals surface area contributed by atoms with Crippen molar-refractivity contribution >= 4 is 22.7 Å². The van der Waals surface area contributed by atoms with Crippen LogP contribution in [-0.2, 0) is 19.4 Å². The summed E-state index contributed by atoms with van der Waals surface area (Å²) in [6.07, 6.45) is 3.73. The summed E-state index contributed by atoms with van der Waals surface area (Å²) in [6.45, 7) is 8.97. The van der Waals surface area contributed by atoms with Crippen molar-refractivity contribution in [2.45, 2.75) is 47.1 Å². The van der Waals surface area contributed by atoms with Crippen molar-refractivity contribution in [3.63, 3.8) is 0 Å². The molecule has 0 heterocycles. The van der Waals surface area contributed by atoms with Crippen molar-refractivity contribution in [1.82, 2.24) is 0 Å². The number of anilines is 1. The van der Waals surface area contributed by atoms with Crippen LogP contribution in [-0.4, -0.2) is 18.5 Å². The number of aryl methyl sites for hydroxylation is 4. The molecule has 0 bridgehead atoms. The molecule has 0 saturated carbocycles. The van der Waals surface area contributed by atoms with E-state index in [1.807, 2.05) is 19.2 Å². The Morgan fingerprint density at radius 2 is 1.77 bits per heavy atom. The molecule has 3 nitrogen and oxygen atoms in total. The maximum absolute atomic E-state index is 12.2. The monoisotopic (exact) mass is 371 g/mol. The van der Waals surface area contributed by atoms with Gasteiger partial charge in [-0.1, -0.05) is 43.8 Å². The van der Waals surface area contributed by atoms with Crippen LogP contribution in [0.2, 0.25) is 0 Å². The van der Waals surface area contributed by atoms with E-state index in [1.165, 1.54) is 28.5 Å². The van der Waals surface area contributed by atoms with Crippen LogP contribution in [0.3, 0.4) is 0 Å². The van der Waals surface area contributed by atoms with Crippen LogP contribution in [0.4, 0.5) is 10.5 Å². The first-order valence-corrected chi connectivity index (χ1v) is 10.3. The number of carbonyl (C=O) groups excluding carboxylic acids is 1. The average molecular weight is 372 g/mol. The fourth-order valence-electron chi connectivity index (χ4n) is 3.20. The van der Waals surface area contributed by atoms with E-state index in [-0.39, 0.29) is 5.24 Å². The SMILES string of the molecule is CCc1cc(C)c(OCc2c(CC)cccc2N(C)C(=O)SC)cc1C. The first-order valence-electron chi connectivity index (χ1n) is 9.08. The number of ether oxygens (including phenoxy) is 1. The van der Waals surface area contributed by atoms with Gasteiger partial charge in [0.1, 0.15) is 12.4 Å². The standard InChI is InChI=1S/C22H29NO2S/c1-7-17-10-9-11-20(23(5)22(24)26-6)19(17)14-25-21-13-15(3)18(8-2)12-16(21)4/h9-13H,7-8,14H2,1-6H3. The van der Waals surface area contributed by atoms with Crippen molar-refractivity contribution < 1.29 is 9.53 Å². The number of carbonyl (C=O) groups is 1. The van der Waals surface area contributed by atoms with Crippen molar-refractivity contribution in [2.75, 3.05) is 18.2 Å². The molecule has 0 aromatic heterocycles. The van der Waals surface area contributed by atoms with Gasteiger partial charge in [0, 0.05) is 12.6 Å². The molecule has 1 amide bonds. The van der Waals surface area contributed by atoms with E-state index < -0.39 is 0 Å². The molecule has 4 heteroatoms. The highest BCUT2D eigenvalue weighted by molar-refractivity contribution is 8.13. The molecular weight excluding hydrogens is 342 g/mol. The van der Waals surface area contributed by atoms with Gasteiger partial charge in [0.25, 0.3) is 5.24 Å². The van der Waals surface area contributed by atoms with Crippen LogP contribution >= 0.6 is 11.8 Å². The van der Waals surface area contributed by atoms with Gasteiger partial charge in [-0.2, -0.15) is 0 Å². The normalized spacial score (nSPS) is 10.7. The molecule has 2 aromatic carbocycles. The molecule has 2 aromatic rings. The molecular formula is C22H29NO2S. The van der Waals surface area contributed by atoms with Gasteiger partial charge in [-0.05, 0) is 67.3 Å². The lowest BCUT2D eigenvalue weighted by atomic mass is 10.0. The smallest absolute Gasteiger partial charge is 0.285 e. The van der Waals surface area contributed by atoms with E-state index >= 15 is 0 Å². The third-order valence-corrected chi connectivity index (χ3v) is 5.45. The quantitative estimate of drug-likeness (QED) is 0.630. The van der Waals surface area contributed by atoms with Crippen LogP contribution in [0.1, 0.15) is 41.7 Å². The van der Waals surface area contributed by atoms with Crippen molar-refractivity contribution in [3.05, 3.63) is 58.1 Å². The Kier molecular flexibility index (Phi) is 7.15. The lowest BCUT2D eigenvalue weighted by molar-refractivity contribution is 0.266. The Labute approximate surface area is 161 Å². The number of rotatable bonds is 6. The number of benzene rings is 2. The first-order chi connectivity index (χ1) is 12.4. The Balaban J connectivity index is 2.34. The van der Waals surface area contributed by atoms with Crippen molar-refractivity contribution in [3.8, 4) is 5.75 Å². The van der Waals surface area contributed by atoms with Crippen molar-refractivity contribution in [1.29, 1.82) is 0 Å². The van der Waals surface area contributed by atoms with Crippen LogP contribution in [0.5, 0.6) is 5.75 Å². The van der Waals surface area contributed by atoms with Gasteiger partial charge in [0.2, 0.25) is 0 Å². The fraction of sp³-hybridized carbons (Fsp3) is 0.409. The van der Waals surface area contributed by atoms with Gasteiger partial charge in [-0.25, -0.2) is 0 Å². The fourth-order valence-corrected chi connectivity index (χ4v) is 3.58. The number of hydrogen-bond acceptors (Lipinski definition) is 3. The zero-order chi connectivity index (χ0) is 19.3. The zero-order valence-electron chi connectivity index (χ0n) is 16.7. The minimum atomic E-state index is 0.0267. The maximum atomic E-state index is 12.2. The summed E-state index contributed by atoms with van der Waals surface area (Å²) in [7, 11) is 1.82. The third kappa shape index (κ3) is 4.42. The predicted octanol–water partition coefficient (Wildman–Crippen LogP) is 5.93. The second-order valence-corrected chi connectivity index (χ2v) is 7.24. The molecule has 0 saturated heterocycles. The molecule has 2 rings (SSSR count). The van der Waals surface area contributed by atoms with Crippen LogP contribution < -0.4 is 9.64 Å². The summed E-state index contributed by atoms with van der Waals surface area (Å²) in [5, 5.41) is 0.0267. The minimum absolute atomic E-state index is 0.0267. The number of nitrogens with zero attached hydrogens (tertiary/aromatic N) is 1. The van der Waals surface area contributed by atoms with E-state index in [0.717, 1.165) is 35.4 Å². The van der Waals surface area contributed by atoms with Gasteiger partial charge in [-0.3, -0.25) is 4.79 Å². The molecule has 0 fully saturated rings. The molecule has 0 N–H and O–H groups in total. The highest BCUT2D eigenvalue weighted by Gasteiger charge is 2.17. The van der Waals surface area contributed by atoms with E-state index in [0.29, 0.717) is 6.61 Å². The minimum Gasteiger partial charge on any atom is -0.489 e. The molecule has 0 unspecified atom stereocenters. The molecule has 0 aliphatic carbocycles. The van der Waals surface area contributed by atoms with E-state index in [4.69, 9.17) is 4.74 Å². The zero-order valence-corrected chi connectivity index (χ0v) is 17.5. The van der Waals surface area contributed by atoms with Gasteiger partial charge >= 0.3 is 0 Å². The second kappa shape index (κ2) is 9.13. The summed E-state index contributed by atoms with van der Waals surface area (Å²) < 4.78 is 6.21. The molecule has 140 valence electrons. The Morgan fingerprint density at radius 1 is 1.08 bits per heavy atom. The van der Waals surface area contributed by atoms with E-state index in [2.05, 4.69) is 45.9 Å². The maximum Gasteiger partial charge on any atom is 0.285 e. The van der Waals surface area contributed by atoms with E-state index in [9.17, 15) is 4.79 Å². The van der Waals surface area contributed by atoms with Gasteiger partial charge in [-0.15, -0.1) is 0 Å².